The normalized spacial score (nSPS) is 11.0. The highest BCUT2D eigenvalue weighted by Gasteiger charge is 2.05. The molecule has 1 amide bonds. The van der Waals surface area contributed by atoms with Crippen molar-refractivity contribution in [3.8, 4) is 0 Å². The first kappa shape index (κ1) is 16.9. The Kier molecular flexibility index (Phi) is 5.26. The molecule has 0 saturated carbocycles. The van der Waals surface area contributed by atoms with Crippen LogP contribution >= 0.6 is 11.6 Å². The van der Waals surface area contributed by atoms with Gasteiger partial charge in [-0.15, -0.1) is 0 Å². The molecule has 0 bridgehead atoms. The van der Waals surface area contributed by atoms with Crippen LogP contribution in [0.5, 0.6) is 0 Å². The summed E-state index contributed by atoms with van der Waals surface area (Å²) in [4.78, 5) is 12.0. The molecule has 0 atom stereocenters. The molecule has 0 spiro atoms. The highest BCUT2D eigenvalue weighted by molar-refractivity contribution is 6.32. The Morgan fingerprint density at radius 2 is 1.92 bits per heavy atom. The molecule has 0 aliphatic carbocycles. The molecule has 0 saturated heterocycles. The largest absolute Gasteiger partial charge is 0.306 e. The molecule has 0 fully saturated rings. The van der Waals surface area contributed by atoms with E-state index < -0.39 is 0 Å². The maximum Gasteiger partial charge on any atom is 0.249 e. The van der Waals surface area contributed by atoms with Crippen molar-refractivity contribution in [2.45, 2.75) is 6.54 Å². The van der Waals surface area contributed by atoms with Crippen LogP contribution in [0.3, 0.4) is 0 Å². The summed E-state index contributed by atoms with van der Waals surface area (Å²) in [6, 6.07) is 15.4. The second-order valence-corrected chi connectivity index (χ2v) is 5.74. The number of aromatic nitrogens is 2. The Bertz CT molecular complexity index is 920. The zero-order valence-corrected chi connectivity index (χ0v) is 13.9. The molecule has 0 unspecified atom stereocenters. The first-order valence-corrected chi connectivity index (χ1v) is 8.00. The minimum absolute atomic E-state index is 0.286. The van der Waals surface area contributed by atoms with Gasteiger partial charge in [0.05, 0.1) is 6.54 Å². The third-order valence-electron chi connectivity index (χ3n) is 3.50. The Morgan fingerprint density at radius 3 is 2.72 bits per heavy atom. The number of carbonyl (C=O) groups excluding carboxylic acids is 1. The smallest absolute Gasteiger partial charge is 0.249 e. The monoisotopic (exact) mass is 355 g/mol. The van der Waals surface area contributed by atoms with E-state index in [1.807, 2.05) is 18.2 Å². The molecule has 1 N–H and O–H groups in total. The van der Waals surface area contributed by atoms with Gasteiger partial charge in [0.15, 0.2) is 5.82 Å². The van der Waals surface area contributed by atoms with E-state index >= 15 is 0 Å². The average Bonchev–Trinajstić information content (AvgIpc) is 3.03. The van der Waals surface area contributed by atoms with Gasteiger partial charge in [0, 0.05) is 28.9 Å². The maximum absolute atomic E-state index is 13.7. The van der Waals surface area contributed by atoms with Gasteiger partial charge in [-0.25, -0.2) is 4.39 Å². The molecule has 6 heteroatoms. The Hall–Kier alpha value is -2.92. The molecule has 4 nitrogen and oxygen atoms in total. The SMILES string of the molecule is O=C(/C=C/c1ccccc1Cl)Nc1ccn(Cc2ccccc2F)n1. The lowest BCUT2D eigenvalue weighted by atomic mass is 10.2. The van der Waals surface area contributed by atoms with Crippen molar-refractivity contribution in [1.29, 1.82) is 0 Å². The zero-order valence-electron chi connectivity index (χ0n) is 13.2. The number of nitrogens with one attached hydrogen (secondary N) is 1. The number of rotatable bonds is 5. The summed E-state index contributed by atoms with van der Waals surface area (Å²) in [7, 11) is 0. The second-order valence-electron chi connectivity index (χ2n) is 5.33. The summed E-state index contributed by atoms with van der Waals surface area (Å²) in [6.45, 7) is 0.290. The molecular formula is C19H15ClFN3O. The Morgan fingerprint density at radius 1 is 1.16 bits per heavy atom. The first-order chi connectivity index (χ1) is 12.1. The highest BCUT2D eigenvalue weighted by atomic mass is 35.5. The lowest BCUT2D eigenvalue weighted by molar-refractivity contribution is -0.111. The molecule has 0 aliphatic heterocycles. The fourth-order valence-electron chi connectivity index (χ4n) is 2.26. The Balaban J connectivity index is 1.62. The number of hydrogen-bond donors (Lipinski definition) is 1. The van der Waals surface area contributed by atoms with Gasteiger partial charge in [-0.3, -0.25) is 9.48 Å². The van der Waals surface area contributed by atoms with Gasteiger partial charge < -0.3 is 5.32 Å². The fraction of sp³-hybridized carbons (Fsp3) is 0.0526. The lowest BCUT2D eigenvalue weighted by Gasteiger charge is -2.03. The number of hydrogen-bond acceptors (Lipinski definition) is 2. The molecule has 1 aromatic heterocycles. The number of anilines is 1. The molecule has 3 aromatic rings. The van der Waals surface area contributed by atoms with Crippen molar-refractivity contribution in [3.05, 3.63) is 88.8 Å². The number of nitrogens with zero attached hydrogens (tertiary/aromatic N) is 2. The van der Waals surface area contributed by atoms with Gasteiger partial charge in [0.2, 0.25) is 5.91 Å². The van der Waals surface area contributed by atoms with E-state index in [9.17, 15) is 9.18 Å². The topological polar surface area (TPSA) is 46.9 Å². The zero-order chi connectivity index (χ0) is 17.6. The summed E-state index contributed by atoms with van der Waals surface area (Å²) in [5, 5.41) is 7.45. The van der Waals surface area contributed by atoms with Crippen LogP contribution in [0.4, 0.5) is 10.2 Å². The maximum atomic E-state index is 13.7. The van der Waals surface area contributed by atoms with Crippen molar-refractivity contribution in [3.63, 3.8) is 0 Å². The number of carbonyl (C=O) groups is 1. The third kappa shape index (κ3) is 4.55. The van der Waals surface area contributed by atoms with Crippen molar-refractivity contribution < 1.29 is 9.18 Å². The van der Waals surface area contributed by atoms with Crippen LogP contribution in [-0.2, 0) is 11.3 Å². The second kappa shape index (κ2) is 7.77. The molecule has 126 valence electrons. The van der Waals surface area contributed by atoms with E-state index in [2.05, 4.69) is 10.4 Å². The van der Waals surface area contributed by atoms with Crippen LogP contribution < -0.4 is 5.32 Å². The van der Waals surface area contributed by atoms with Gasteiger partial charge in [-0.2, -0.15) is 5.10 Å². The van der Waals surface area contributed by atoms with Gasteiger partial charge in [0.1, 0.15) is 5.82 Å². The fourth-order valence-corrected chi connectivity index (χ4v) is 2.46. The van der Waals surface area contributed by atoms with Crippen molar-refractivity contribution in [2.24, 2.45) is 0 Å². The van der Waals surface area contributed by atoms with Crippen LogP contribution in [0.2, 0.25) is 5.02 Å². The molecule has 1 heterocycles. The first-order valence-electron chi connectivity index (χ1n) is 7.62. The van der Waals surface area contributed by atoms with E-state index in [0.717, 1.165) is 5.56 Å². The van der Waals surface area contributed by atoms with Gasteiger partial charge in [0.25, 0.3) is 0 Å². The van der Waals surface area contributed by atoms with Crippen LogP contribution in [-0.4, -0.2) is 15.7 Å². The number of benzene rings is 2. The van der Waals surface area contributed by atoms with Crippen LogP contribution in [0.1, 0.15) is 11.1 Å². The summed E-state index contributed by atoms with van der Waals surface area (Å²) in [6.07, 6.45) is 4.70. The van der Waals surface area contributed by atoms with E-state index in [-0.39, 0.29) is 18.3 Å². The third-order valence-corrected chi connectivity index (χ3v) is 3.85. The lowest BCUT2D eigenvalue weighted by Crippen LogP contribution is -2.09. The highest BCUT2D eigenvalue weighted by Crippen LogP contribution is 2.16. The van der Waals surface area contributed by atoms with Gasteiger partial charge in [-0.1, -0.05) is 48.0 Å². The van der Waals surface area contributed by atoms with E-state index in [1.165, 1.54) is 12.1 Å². The average molecular weight is 356 g/mol. The van der Waals surface area contributed by atoms with E-state index in [1.54, 1.807) is 47.3 Å². The standard InChI is InChI=1S/C19H15ClFN3O/c20-16-7-3-1-5-14(16)9-10-19(25)22-18-11-12-24(23-18)13-15-6-2-4-8-17(15)21/h1-12H,13H2,(H,22,23,25)/b10-9+. The number of amides is 1. The predicted octanol–water partition coefficient (Wildman–Crippen LogP) is 4.38. The van der Waals surface area contributed by atoms with E-state index in [4.69, 9.17) is 11.6 Å². The minimum Gasteiger partial charge on any atom is -0.306 e. The van der Waals surface area contributed by atoms with Crippen molar-refractivity contribution >= 4 is 29.4 Å². The van der Waals surface area contributed by atoms with Crippen LogP contribution in [0.15, 0.2) is 66.9 Å². The minimum atomic E-state index is -0.323. The number of halogens is 2. The molecule has 25 heavy (non-hydrogen) atoms. The summed E-state index contributed by atoms with van der Waals surface area (Å²) in [5.74, 6) is -0.215. The molecule has 0 aliphatic rings. The quantitative estimate of drug-likeness (QED) is 0.690. The molecular weight excluding hydrogens is 341 g/mol. The van der Waals surface area contributed by atoms with Crippen molar-refractivity contribution in [1.82, 2.24) is 9.78 Å². The summed E-state index contributed by atoms with van der Waals surface area (Å²) in [5.41, 5.74) is 1.28. The van der Waals surface area contributed by atoms with Crippen LogP contribution in [0.25, 0.3) is 6.08 Å². The summed E-state index contributed by atoms with van der Waals surface area (Å²) >= 11 is 6.03. The van der Waals surface area contributed by atoms with Crippen molar-refractivity contribution in [2.75, 3.05) is 5.32 Å². The summed E-state index contributed by atoms with van der Waals surface area (Å²) < 4.78 is 15.2. The van der Waals surface area contributed by atoms with E-state index in [0.29, 0.717) is 16.4 Å². The molecule has 0 radical (unpaired) electrons. The molecule has 2 aromatic carbocycles. The van der Waals surface area contributed by atoms with Crippen LogP contribution in [0, 0.1) is 5.82 Å². The Labute approximate surface area is 149 Å². The van der Waals surface area contributed by atoms with Gasteiger partial charge in [-0.05, 0) is 23.8 Å². The predicted molar refractivity (Wildman–Crippen MR) is 96.8 cm³/mol. The molecule has 3 rings (SSSR count). The van der Waals surface area contributed by atoms with Gasteiger partial charge >= 0.3 is 0 Å².